The molecule has 1 saturated heterocycles. The van der Waals surface area contributed by atoms with Gasteiger partial charge in [0, 0.05) is 6.42 Å². The number of aliphatic hydroxyl groups excluding tert-OH is 5. The predicted octanol–water partition coefficient (Wildman–Crippen LogP) is 12.6. The Hall–Kier alpha value is -1.86. The molecule has 0 radical (unpaired) electrons. The number of hydrogen-bond acceptors (Lipinski definition) is 10. The summed E-state index contributed by atoms with van der Waals surface area (Å²) in [5.41, 5.74) is 0. The number of aliphatic hydroxyl groups is 5. The van der Waals surface area contributed by atoms with Crippen LogP contribution >= 0.6 is 0 Å². The number of rotatable bonds is 48. The summed E-state index contributed by atoms with van der Waals surface area (Å²) < 4.78 is 17.6. The van der Waals surface area contributed by atoms with E-state index in [2.05, 4.69) is 38.2 Å². The van der Waals surface area contributed by atoms with Crippen molar-refractivity contribution in [3.63, 3.8) is 0 Å². The maximum absolute atomic E-state index is 13.3. The molecule has 1 heterocycles. The van der Waals surface area contributed by atoms with Gasteiger partial charge >= 0.3 is 5.97 Å². The Bertz CT molecular complexity index is 1200. The Balaban J connectivity index is 2.76. The molecule has 8 unspecified atom stereocenters. The lowest BCUT2D eigenvalue weighted by Crippen LogP contribution is -2.61. The van der Waals surface area contributed by atoms with Crippen molar-refractivity contribution in [2.75, 3.05) is 13.2 Å². The predicted molar refractivity (Wildman–Crippen MR) is 278 cm³/mol. The molecule has 1 fully saturated rings. The normalized spacial score (nSPS) is 20.0. The molecule has 6 N–H and O–H groups in total. The molecule has 1 amide bonds. The maximum atomic E-state index is 13.3. The second-order valence-electron chi connectivity index (χ2n) is 20.0. The van der Waals surface area contributed by atoms with Crippen LogP contribution in [-0.4, -0.2) is 99.6 Å². The van der Waals surface area contributed by atoms with Gasteiger partial charge in [0.25, 0.3) is 0 Å². The first-order valence-electron chi connectivity index (χ1n) is 28.6. The van der Waals surface area contributed by atoms with Gasteiger partial charge in [0.05, 0.1) is 25.4 Å². The summed E-state index contributed by atoms with van der Waals surface area (Å²) in [6.07, 6.45) is 40.8. The molecule has 1 aliphatic rings. The largest absolute Gasteiger partial charge is 0.454 e. The van der Waals surface area contributed by atoms with Gasteiger partial charge in [-0.1, -0.05) is 231 Å². The summed E-state index contributed by atoms with van der Waals surface area (Å²) in [7, 11) is 0. The number of allylic oxidation sites excluding steroid dienone is 3. The van der Waals surface area contributed by atoms with E-state index in [1.807, 2.05) is 6.08 Å². The molecular formula is C57H107NO10. The molecule has 8 atom stereocenters. The van der Waals surface area contributed by atoms with Gasteiger partial charge in [-0.3, -0.25) is 9.59 Å². The number of carbonyl (C=O) groups excluding carboxylic acids is 2. The second-order valence-corrected chi connectivity index (χ2v) is 20.0. The van der Waals surface area contributed by atoms with Crippen LogP contribution in [0.3, 0.4) is 0 Å². The minimum Gasteiger partial charge on any atom is -0.454 e. The van der Waals surface area contributed by atoms with Crippen molar-refractivity contribution >= 4 is 11.9 Å². The molecular weight excluding hydrogens is 859 g/mol. The van der Waals surface area contributed by atoms with Crippen LogP contribution in [0, 0.1) is 0 Å². The summed E-state index contributed by atoms with van der Waals surface area (Å²) in [5.74, 6) is -1.20. The van der Waals surface area contributed by atoms with E-state index in [1.165, 1.54) is 161 Å². The van der Waals surface area contributed by atoms with Crippen LogP contribution < -0.4 is 5.32 Å². The molecule has 0 aliphatic carbocycles. The van der Waals surface area contributed by atoms with E-state index in [0.717, 1.165) is 57.8 Å². The van der Waals surface area contributed by atoms with Gasteiger partial charge < -0.3 is 45.1 Å². The van der Waals surface area contributed by atoms with E-state index in [4.69, 9.17) is 14.2 Å². The topological polar surface area (TPSA) is 175 Å². The van der Waals surface area contributed by atoms with Gasteiger partial charge in [-0.05, 0) is 51.4 Å². The Morgan fingerprint density at radius 2 is 0.971 bits per heavy atom. The van der Waals surface area contributed by atoms with Crippen molar-refractivity contribution in [2.24, 2.45) is 0 Å². The third kappa shape index (κ3) is 34.5. The maximum Gasteiger partial charge on any atom is 0.306 e. The smallest absolute Gasteiger partial charge is 0.306 e. The highest BCUT2D eigenvalue weighted by molar-refractivity contribution is 5.80. The minimum atomic E-state index is -1.61. The van der Waals surface area contributed by atoms with Crippen molar-refractivity contribution < 1.29 is 49.3 Å². The molecule has 11 heteroatoms. The fourth-order valence-corrected chi connectivity index (χ4v) is 9.00. The molecule has 0 aromatic carbocycles. The molecule has 1 aliphatic heterocycles. The third-order valence-corrected chi connectivity index (χ3v) is 13.6. The van der Waals surface area contributed by atoms with Gasteiger partial charge in [0.2, 0.25) is 5.91 Å². The summed E-state index contributed by atoms with van der Waals surface area (Å²) in [6.45, 7) is 5.77. The Kier molecular flexibility index (Phi) is 43.6. The molecule has 0 saturated carbocycles. The Morgan fingerprint density at radius 1 is 0.559 bits per heavy atom. The fraction of sp³-hybridized carbons (Fsp3) is 0.895. The third-order valence-electron chi connectivity index (χ3n) is 13.6. The van der Waals surface area contributed by atoms with Crippen LogP contribution in [0.1, 0.15) is 265 Å². The van der Waals surface area contributed by atoms with Crippen LogP contribution in [0.25, 0.3) is 0 Å². The van der Waals surface area contributed by atoms with E-state index < -0.39 is 67.4 Å². The van der Waals surface area contributed by atoms with E-state index in [-0.39, 0.29) is 19.4 Å². The van der Waals surface area contributed by atoms with Gasteiger partial charge in [-0.2, -0.15) is 0 Å². The number of unbranched alkanes of at least 4 members (excludes halogenated alkanes) is 32. The molecule has 0 bridgehead atoms. The van der Waals surface area contributed by atoms with Crippen LogP contribution in [0.5, 0.6) is 0 Å². The highest BCUT2D eigenvalue weighted by Crippen LogP contribution is 2.26. The lowest BCUT2D eigenvalue weighted by Gasteiger charge is -2.41. The number of amides is 1. The first-order chi connectivity index (χ1) is 33.2. The van der Waals surface area contributed by atoms with Gasteiger partial charge in [-0.25, -0.2) is 0 Å². The molecule has 11 nitrogen and oxygen atoms in total. The molecule has 0 aromatic heterocycles. The van der Waals surface area contributed by atoms with Gasteiger partial charge in [-0.15, -0.1) is 0 Å². The van der Waals surface area contributed by atoms with Crippen LogP contribution in [0.2, 0.25) is 0 Å². The zero-order valence-electron chi connectivity index (χ0n) is 44.0. The summed E-state index contributed by atoms with van der Waals surface area (Å²) in [5, 5.41) is 56.7. The highest BCUT2D eigenvalue weighted by Gasteiger charge is 2.47. The van der Waals surface area contributed by atoms with Crippen LogP contribution in [-0.2, 0) is 23.8 Å². The molecule has 0 spiro atoms. The SMILES string of the molecule is CCCCCCCCC/C=C\CCCCC(O)C(=O)NC(COC1OC(CO)C(O)C(O)C1OC(=O)CCCCCCCCCCCCCCC)C(O)/C=C/CCCCCCCCCCCCC. The molecule has 1 rings (SSSR count). The number of esters is 1. The summed E-state index contributed by atoms with van der Waals surface area (Å²) in [4.78, 5) is 26.4. The first kappa shape index (κ1) is 64.2. The Morgan fingerprint density at radius 3 is 1.43 bits per heavy atom. The van der Waals surface area contributed by atoms with E-state index >= 15 is 0 Å². The van der Waals surface area contributed by atoms with Crippen molar-refractivity contribution in [3.8, 4) is 0 Å². The monoisotopic (exact) mass is 966 g/mol. The van der Waals surface area contributed by atoms with Crippen LogP contribution in [0.4, 0.5) is 0 Å². The number of ether oxygens (including phenoxy) is 3. The zero-order chi connectivity index (χ0) is 49.7. The lowest BCUT2D eigenvalue weighted by atomic mass is 9.99. The average molecular weight is 966 g/mol. The molecule has 400 valence electrons. The highest BCUT2D eigenvalue weighted by atomic mass is 16.7. The average Bonchev–Trinajstić information content (AvgIpc) is 3.33. The second kappa shape index (κ2) is 46.2. The number of hydrogen-bond donors (Lipinski definition) is 6. The standard InChI is InChI=1S/C57H107NO10/c1-4-7-10-13-16-19-22-25-28-31-34-37-40-43-49(60)48(58-56(65)50(61)44-41-38-35-32-29-26-23-20-17-14-11-8-5-2)47-66-57-55(54(64)53(63)51(46-59)67-57)68-52(62)45-42-39-36-33-30-27-24-21-18-15-12-9-6-3/h29,32,40,43,48-51,53-55,57,59-61,63-64H,4-28,30-31,33-39,41-42,44-47H2,1-3H3,(H,58,65)/b32-29-,43-40+. The van der Waals surface area contributed by atoms with Crippen molar-refractivity contribution in [3.05, 3.63) is 24.3 Å². The Labute approximate surface area is 416 Å². The number of nitrogens with one attached hydrogen (secondary N) is 1. The zero-order valence-corrected chi connectivity index (χ0v) is 44.0. The summed E-state index contributed by atoms with van der Waals surface area (Å²) >= 11 is 0. The van der Waals surface area contributed by atoms with Crippen molar-refractivity contribution in [1.82, 2.24) is 5.32 Å². The van der Waals surface area contributed by atoms with Gasteiger partial charge in [0.1, 0.15) is 24.4 Å². The summed E-state index contributed by atoms with van der Waals surface area (Å²) in [6, 6.07) is -1.03. The van der Waals surface area contributed by atoms with Crippen LogP contribution in [0.15, 0.2) is 24.3 Å². The van der Waals surface area contributed by atoms with Crippen molar-refractivity contribution in [2.45, 2.75) is 314 Å². The molecule has 0 aromatic rings. The minimum absolute atomic E-state index is 0.127. The van der Waals surface area contributed by atoms with E-state index in [1.54, 1.807) is 6.08 Å². The number of carbonyl (C=O) groups is 2. The quantitative estimate of drug-likeness (QED) is 0.0196. The van der Waals surface area contributed by atoms with E-state index in [0.29, 0.717) is 12.8 Å². The molecule has 68 heavy (non-hydrogen) atoms. The van der Waals surface area contributed by atoms with E-state index in [9.17, 15) is 35.1 Å². The van der Waals surface area contributed by atoms with Crippen molar-refractivity contribution in [1.29, 1.82) is 0 Å². The first-order valence-corrected chi connectivity index (χ1v) is 28.6. The lowest BCUT2D eigenvalue weighted by molar-refractivity contribution is -0.305. The fourth-order valence-electron chi connectivity index (χ4n) is 9.00. The van der Waals surface area contributed by atoms with Gasteiger partial charge in [0.15, 0.2) is 12.4 Å².